The van der Waals surface area contributed by atoms with Gasteiger partial charge in [0.05, 0.1) is 44.6 Å². The summed E-state index contributed by atoms with van der Waals surface area (Å²) in [5.74, 6) is 1.78. The molecule has 0 unspecified atom stereocenters. The fourth-order valence-corrected chi connectivity index (χ4v) is 6.86. The molecule has 0 saturated heterocycles. The lowest BCUT2D eigenvalue weighted by molar-refractivity contribution is 1.06. The van der Waals surface area contributed by atoms with Crippen LogP contribution in [-0.2, 0) is 0 Å². The monoisotopic (exact) mass is 576 g/mol. The van der Waals surface area contributed by atoms with Crippen molar-refractivity contribution in [1.82, 2.24) is 23.9 Å². The smallest absolute Gasteiger partial charge is 0.149 e. The number of aromatic nitrogens is 5. The van der Waals surface area contributed by atoms with E-state index >= 15 is 0 Å². The third-order valence-electron chi connectivity index (χ3n) is 8.80. The molecule has 9 aromatic rings. The lowest BCUT2D eigenvalue weighted by atomic mass is 10.0. The summed E-state index contributed by atoms with van der Waals surface area (Å²) in [5.41, 5.74) is 12.2. The van der Waals surface area contributed by atoms with Crippen LogP contribution in [0.15, 0.2) is 146 Å². The summed E-state index contributed by atoms with van der Waals surface area (Å²) in [6.07, 6.45) is 0. The first-order valence-corrected chi connectivity index (χ1v) is 15.1. The quantitative estimate of drug-likeness (QED) is 0.210. The molecule has 0 N–H and O–H groups in total. The van der Waals surface area contributed by atoms with E-state index in [2.05, 4.69) is 135 Å². The highest BCUT2D eigenvalue weighted by molar-refractivity contribution is 6.04. The normalized spacial score (nSPS) is 12.4. The number of para-hydroxylation sites is 5. The van der Waals surface area contributed by atoms with Crippen LogP contribution >= 0.6 is 0 Å². The lowest BCUT2D eigenvalue weighted by Gasteiger charge is -2.33. The van der Waals surface area contributed by atoms with Crippen molar-refractivity contribution in [3.8, 4) is 28.5 Å². The van der Waals surface area contributed by atoms with Crippen LogP contribution in [0.4, 0.5) is 17.1 Å². The van der Waals surface area contributed by atoms with Crippen molar-refractivity contribution in [3.63, 3.8) is 0 Å². The number of rotatable bonds is 3. The van der Waals surface area contributed by atoms with Crippen LogP contribution in [0.2, 0.25) is 0 Å². The molecule has 0 fully saturated rings. The summed E-state index contributed by atoms with van der Waals surface area (Å²) in [4.78, 5) is 17.9. The highest BCUT2D eigenvalue weighted by Gasteiger charge is 2.30. The highest BCUT2D eigenvalue weighted by atomic mass is 15.2. The standard InChI is InChI=1S/C39H24N6/c1-3-12-25(13-4-1)37-42-31-19-11-21-34-36(31)44(37)33-23-22-26(24-35(33)43(34)27-14-5-2-6-15-27)38-40-29-17-8-7-16-28(29)39-41-30-18-9-10-20-32(30)45(38)39/h1-24H. The fraction of sp³-hybridized carbons (Fsp3) is 0. The topological polar surface area (TPSA) is 51.3 Å². The van der Waals surface area contributed by atoms with Crippen LogP contribution in [0, 0.1) is 0 Å². The van der Waals surface area contributed by atoms with Crippen LogP contribution < -0.4 is 4.90 Å². The van der Waals surface area contributed by atoms with Crippen molar-refractivity contribution in [3.05, 3.63) is 146 Å². The second-order valence-corrected chi connectivity index (χ2v) is 11.4. The minimum absolute atomic E-state index is 0.853. The van der Waals surface area contributed by atoms with Crippen molar-refractivity contribution in [1.29, 1.82) is 0 Å². The van der Waals surface area contributed by atoms with Gasteiger partial charge in [0.25, 0.3) is 0 Å². The van der Waals surface area contributed by atoms with Gasteiger partial charge in [-0.05, 0) is 66.7 Å². The zero-order valence-corrected chi connectivity index (χ0v) is 24.0. The van der Waals surface area contributed by atoms with Crippen molar-refractivity contribution in [2.75, 3.05) is 4.90 Å². The van der Waals surface area contributed by atoms with E-state index in [9.17, 15) is 0 Å². The average molecular weight is 577 g/mol. The Morgan fingerprint density at radius 3 is 2.02 bits per heavy atom. The Hall–Kier alpha value is -6.27. The van der Waals surface area contributed by atoms with E-state index in [1.807, 2.05) is 24.3 Å². The lowest BCUT2D eigenvalue weighted by Crippen LogP contribution is -2.18. The van der Waals surface area contributed by atoms with Crippen molar-refractivity contribution >= 4 is 55.7 Å². The first-order chi connectivity index (χ1) is 22.3. The highest BCUT2D eigenvalue weighted by Crippen LogP contribution is 2.49. The Kier molecular flexibility index (Phi) is 4.90. The first kappa shape index (κ1) is 24.2. The van der Waals surface area contributed by atoms with Gasteiger partial charge in [-0.25, -0.2) is 15.0 Å². The molecule has 0 aliphatic carbocycles. The van der Waals surface area contributed by atoms with Gasteiger partial charge in [-0.2, -0.15) is 0 Å². The second-order valence-electron chi connectivity index (χ2n) is 11.4. The van der Waals surface area contributed by atoms with Crippen molar-refractivity contribution < 1.29 is 0 Å². The summed E-state index contributed by atoms with van der Waals surface area (Å²) in [6.45, 7) is 0. The third kappa shape index (κ3) is 3.42. The second kappa shape index (κ2) is 9.11. The Labute approximate surface area is 258 Å². The number of fused-ring (bicyclic) bond motifs is 7. The fourth-order valence-electron chi connectivity index (χ4n) is 6.86. The van der Waals surface area contributed by atoms with E-state index in [0.29, 0.717) is 0 Å². The van der Waals surface area contributed by atoms with Gasteiger partial charge in [-0.3, -0.25) is 8.97 Å². The molecule has 45 heavy (non-hydrogen) atoms. The number of hydrogen-bond donors (Lipinski definition) is 0. The van der Waals surface area contributed by atoms with E-state index in [4.69, 9.17) is 15.0 Å². The first-order valence-electron chi connectivity index (χ1n) is 15.1. The molecule has 6 heteroatoms. The summed E-state index contributed by atoms with van der Waals surface area (Å²) < 4.78 is 4.52. The maximum absolute atomic E-state index is 5.27. The molecule has 0 saturated carbocycles. The molecule has 0 bridgehead atoms. The minimum atomic E-state index is 0.853. The molecular formula is C39H24N6. The molecule has 3 aromatic heterocycles. The van der Waals surface area contributed by atoms with Gasteiger partial charge < -0.3 is 4.90 Å². The van der Waals surface area contributed by atoms with Crippen LogP contribution in [-0.4, -0.2) is 23.9 Å². The summed E-state index contributed by atoms with van der Waals surface area (Å²) in [7, 11) is 0. The van der Waals surface area contributed by atoms with Crippen LogP contribution in [0.3, 0.4) is 0 Å². The van der Waals surface area contributed by atoms with E-state index < -0.39 is 0 Å². The van der Waals surface area contributed by atoms with E-state index in [-0.39, 0.29) is 0 Å². The summed E-state index contributed by atoms with van der Waals surface area (Å²) >= 11 is 0. The number of nitrogens with zero attached hydrogens (tertiary/aromatic N) is 6. The Bertz CT molecular complexity index is 2600. The molecular weight excluding hydrogens is 552 g/mol. The molecule has 1 aliphatic heterocycles. The molecule has 0 radical (unpaired) electrons. The number of anilines is 3. The van der Waals surface area contributed by atoms with Gasteiger partial charge in [-0.1, -0.05) is 78.9 Å². The number of imidazole rings is 2. The van der Waals surface area contributed by atoms with E-state index in [1.54, 1.807) is 0 Å². The molecule has 4 heterocycles. The third-order valence-corrected chi connectivity index (χ3v) is 8.80. The van der Waals surface area contributed by atoms with Gasteiger partial charge >= 0.3 is 0 Å². The zero-order valence-electron chi connectivity index (χ0n) is 24.0. The molecule has 1 aliphatic rings. The number of benzene rings is 6. The zero-order chi connectivity index (χ0) is 29.5. The Morgan fingerprint density at radius 1 is 0.444 bits per heavy atom. The number of hydrogen-bond acceptors (Lipinski definition) is 4. The van der Waals surface area contributed by atoms with Crippen molar-refractivity contribution in [2.24, 2.45) is 0 Å². The van der Waals surface area contributed by atoms with Gasteiger partial charge in [0.2, 0.25) is 0 Å². The van der Waals surface area contributed by atoms with Crippen LogP contribution in [0.1, 0.15) is 0 Å². The van der Waals surface area contributed by atoms with Gasteiger partial charge in [0.15, 0.2) is 0 Å². The SMILES string of the molecule is c1ccc(-c2nc3cccc4c3n2-c2ccc(-c3nc5ccccc5c5nc6ccccc6n35)cc2N4c2ccccc2)cc1. The molecule has 210 valence electrons. The van der Waals surface area contributed by atoms with Gasteiger partial charge in [0.1, 0.15) is 17.3 Å². The Morgan fingerprint density at radius 2 is 1.16 bits per heavy atom. The summed E-state index contributed by atoms with van der Waals surface area (Å²) in [6, 6.07) is 50.6. The predicted molar refractivity (Wildman–Crippen MR) is 182 cm³/mol. The average Bonchev–Trinajstić information content (AvgIpc) is 3.69. The minimum Gasteiger partial charge on any atom is -0.306 e. The molecule has 6 nitrogen and oxygen atoms in total. The van der Waals surface area contributed by atoms with Gasteiger partial charge in [0, 0.05) is 22.2 Å². The van der Waals surface area contributed by atoms with Gasteiger partial charge in [-0.15, -0.1) is 0 Å². The molecule has 0 amide bonds. The van der Waals surface area contributed by atoms with Crippen LogP contribution in [0.5, 0.6) is 0 Å². The molecule has 6 aromatic carbocycles. The van der Waals surface area contributed by atoms with Crippen molar-refractivity contribution in [2.45, 2.75) is 0 Å². The Balaban J connectivity index is 1.31. The molecule has 0 atom stereocenters. The predicted octanol–water partition coefficient (Wildman–Crippen LogP) is 9.49. The molecule has 10 rings (SSSR count). The largest absolute Gasteiger partial charge is 0.306 e. The van der Waals surface area contributed by atoms with Crippen LogP contribution in [0.25, 0.3) is 67.1 Å². The van der Waals surface area contributed by atoms with E-state index in [0.717, 1.165) is 84.1 Å². The maximum atomic E-state index is 5.27. The molecule has 0 spiro atoms. The van der Waals surface area contributed by atoms with E-state index in [1.165, 1.54) is 0 Å². The maximum Gasteiger partial charge on any atom is 0.149 e. The summed E-state index contributed by atoms with van der Waals surface area (Å²) in [5, 5.41) is 1.03.